The van der Waals surface area contributed by atoms with E-state index in [2.05, 4.69) is 20.9 Å². The van der Waals surface area contributed by atoms with Crippen LogP contribution < -0.4 is 0 Å². The highest BCUT2D eigenvalue weighted by atomic mass is 79.9. The minimum Gasteiger partial charge on any atom is -0.506 e. The Bertz CT molecular complexity index is 1400. The third-order valence-corrected chi connectivity index (χ3v) is 6.84. The molecule has 3 aromatic rings. The van der Waals surface area contributed by atoms with E-state index < -0.39 is 5.97 Å². The van der Waals surface area contributed by atoms with Gasteiger partial charge in [0, 0.05) is 27.1 Å². The summed E-state index contributed by atoms with van der Waals surface area (Å²) in [6.07, 6.45) is 3.59. The Balaban J connectivity index is 1.82. The molecule has 2 heterocycles. The Kier molecular flexibility index (Phi) is 7.47. The maximum absolute atomic E-state index is 12.7. The number of nitrogens with zero attached hydrogens (tertiary/aromatic N) is 2. The summed E-state index contributed by atoms with van der Waals surface area (Å²) in [5, 5.41) is 12.3. The molecular weight excluding hydrogens is 532 g/mol. The molecule has 0 amide bonds. The fraction of sp³-hybridized carbons (Fsp3) is 0.192. The van der Waals surface area contributed by atoms with E-state index >= 15 is 0 Å². The monoisotopic (exact) mass is 554 g/mol. The van der Waals surface area contributed by atoms with Crippen LogP contribution in [0.5, 0.6) is 0 Å². The van der Waals surface area contributed by atoms with Gasteiger partial charge in [-0.1, -0.05) is 45.4 Å². The quantitative estimate of drug-likeness (QED) is 0.371. The number of aromatic nitrogens is 1. The molecule has 2 aromatic carbocycles. The Morgan fingerprint density at radius 1 is 1.20 bits per heavy atom. The highest BCUT2D eigenvalue weighted by molar-refractivity contribution is 9.10. The van der Waals surface area contributed by atoms with Crippen LogP contribution in [0.1, 0.15) is 18.1 Å². The number of aryl methyl sites for hydroxylation is 1. The van der Waals surface area contributed by atoms with Crippen LogP contribution in [0.2, 0.25) is 0 Å². The highest BCUT2D eigenvalue weighted by Crippen LogP contribution is 2.41. The van der Waals surface area contributed by atoms with Crippen molar-refractivity contribution in [3.05, 3.63) is 80.5 Å². The van der Waals surface area contributed by atoms with Gasteiger partial charge in [0.15, 0.2) is 0 Å². The van der Waals surface area contributed by atoms with Crippen molar-refractivity contribution in [2.45, 2.75) is 20.4 Å². The molecule has 0 saturated carbocycles. The van der Waals surface area contributed by atoms with E-state index in [1.165, 1.54) is 18.9 Å². The van der Waals surface area contributed by atoms with Gasteiger partial charge >= 0.3 is 11.9 Å². The summed E-state index contributed by atoms with van der Waals surface area (Å²) in [6.45, 7) is 3.90. The number of carbonyl (C=O) groups excluding carboxylic acids is 2. The third-order valence-electron chi connectivity index (χ3n) is 5.32. The average Bonchev–Trinajstić information content (AvgIpc) is 3.31. The fourth-order valence-corrected chi connectivity index (χ4v) is 5.00. The lowest BCUT2D eigenvalue weighted by molar-refractivity contribution is -0.141. The number of benzene rings is 2. The van der Waals surface area contributed by atoms with Gasteiger partial charge in [0.1, 0.15) is 22.9 Å². The van der Waals surface area contributed by atoms with E-state index in [0.29, 0.717) is 15.6 Å². The SMILES string of the molecule is CCOC(=O)C1=C(O)/C(=C/c2cn(CC(=O)OC)c3ccc(Br)cc23)SC1=Nc1ccc(C)cc1. The third kappa shape index (κ3) is 5.36. The van der Waals surface area contributed by atoms with Crippen LogP contribution in [0.25, 0.3) is 17.0 Å². The largest absolute Gasteiger partial charge is 0.506 e. The second-order valence-corrected chi connectivity index (χ2v) is 9.70. The zero-order chi connectivity index (χ0) is 25.1. The van der Waals surface area contributed by atoms with Crippen molar-refractivity contribution in [2.75, 3.05) is 13.7 Å². The molecule has 35 heavy (non-hydrogen) atoms. The summed E-state index contributed by atoms with van der Waals surface area (Å²) in [5.41, 5.74) is 3.37. The number of aliphatic hydroxyl groups is 1. The number of fused-ring (bicyclic) bond motifs is 1. The van der Waals surface area contributed by atoms with Crippen LogP contribution in [0.15, 0.2) is 74.4 Å². The van der Waals surface area contributed by atoms with E-state index in [1.54, 1.807) is 17.6 Å². The molecule has 9 heteroatoms. The van der Waals surface area contributed by atoms with Crippen molar-refractivity contribution in [1.82, 2.24) is 4.57 Å². The van der Waals surface area contributed by atoms with Gasteiger partial charge < -0.3 is 19.1 Å². The first kappa shape index (κ1) is 24.8. The van der Waals surface area contributed by atoms with Gasteiger partial charge in [-0.15, -0.1) is 0 Å². The number of halogens is 1. The van der Waals surface area contributed by atoms with Gasteiger partial charge in [-0.3, -0.25) is 4.79 Å². The Morgan fingerprint density at radius 2 is 1.94 bits per heavy atom. The van der Waals surface area contributed by atoms with E-state index in [1.807, 2.05) is 55.6 Å². The van der Waals surface area contributed by atoms with Crippen LogP contribution in [0.3, 0.4) is 0 Å². The van der Waals surface area contributed by atoms with Crippen molar-refractivity contribution >= 4 is 67.3 Å². The maximum Gasteiger partial charge on any atom is 0.344 e. The first-order chi connectivity index (χ1) is 16.8. The standard InChI is InChI=1S/C26H23BrN2O5S/c1-4-34-26(32)23-24(31)21(35-25(23)28-18-8-5-15(2)6-9-18)11-16-13-29(14-22(30)33-3)20-10-7-17(27)12-19(16)20/h5-13,31H,4,14H2,1-3H3/b21-11-,28-25?. The minimum atomic E-state index is -0.636. The Labute approximate surface area is 215 Å². The van der Waals surface area contributed by atoms with Crippen LogP contribution in [0, 0.1) is 6.92 Å². The summed E-state index contributed by atoms with van der Waals surface area (Å²) >= 11 is 4.69. The van der Waals surface area contributed by atoms with Crippen molar-refractivity contribution in [1.29, 1.82) is 0 Å². The van der Waals surface area contributed by atoms with Gasteiger partial charge in [0.25, 0.3) is 0 Å². The number of esters is 2. The number of methoxy groups -OCH3 is 1. The summed E-state index contributed by atoms with van der Waals surface area (Å²) in [6, 6.07) is 13.3. The van der Waals surface area contributed by atoms with Gasteiger partial charge in [-0.05, 0) is 50.3 Å². The zero-order valence-electron chi connectivity index (χ0n) is 19.4. The van der Waals surface area contributed by atoms with E-state index in [4.69, 9.17) is 9.47 Å². The van der Waals surface area contributed by atoms with Gasteiger partial charge in [-0.2, -0.15) is 0 Å². The fourth-order valence-electron chi connectivity index (χ4n) is 3.62. The molecule has 0 spiro atoms. The molecule has 0 aliphatic carbocycles. The molecule has 0 atom stereocenters. The number of hydrogen-bond donors (Lipinski definition) is 1. The number of thioether (sulfide) groups is 1. The molecule has 180 valence electrons. The highest BCUT2D eigenvalue weighted by Gasteiger charge is 2.33. The number of ether oxygens (including phenoxy) is 2. The molecule has 1 aromatic heterocycles. The average molecular weight is 555 g/mol. The first-order valence-electron chi connectivity index (χ1n) is 10.8. The molecule has 7 nitrogen and oxygen atoms in total. The van der Waals surface area contributed by atoms with E-state index in [0.717, 1.165) is 26.5 Å². The Morgan fingerprint density at radius 3 is 2.63 bits per heavy atom. The summed E-state index contributed by atoms with van der Waals surface area (Å²) in [4.78, 5) is 29.7. The molecular formula is C26H23BrN2O5S. The molecule has 0 saturated heterocycles. The number of aliphatic hydroxyl groups excluding tert-OH is 1. The summed E-state index contributed by atoms with van der Waals surface area (Å²) in [7, 11) is 1.34. The van der Waals surface area contributed by atoms with Crippen LogP contribution in [-0.2, 0) is 25.6 Å². The number of hydrogen-bond acceptors (Lipinski definition) is 7. The molecule has 1 aliphatic heterocycles. The number of carbonyl (C=O) groups is 2. The second kappa shape index (κ2) is 10.5. The normalized spacial score (nSPS) is 15.9. The van der Waals surface area contributed by atoms with E-state index in [-0.39, 0.29) is 30.5 Å². The Hall–Kier alpha value is -3.30. The molecule has 0 fully saturated rings. The summed E-state index contributed by atoms with van der Waals surface area (Å²) < 4.78 is 12.7. The van der Waals surface area contributed by atoms with Crippen LogP contribution in [0.4, 0.5) is 5.69 Å². The predicted octanol–water partition coefficient (Wildman–Crippen LogP) is 6.08. The molecule has 1 N–H and O–H groups in total. The minimum absolute atomic E-state index is 0.0307. The lowest BCUT2D eigenvalue weighted by atomic mass is 10.1. The van der Waals surface area contributed by atoms with Crippen LogP contribution in [-0.4, -0.2) is 40.4 Å². The molecule has 0 unspecified atom stereocenters. The van der Waals surface area contributed by atoms with Crippen molar-refractivity contribution in [3.8, 4) is 0 Å². The summed E-state index contributed by atoms with van der Waals surface area (Å²) in [5.74, 6) is -1.20. The molecule has 1 aliphatic rings. The first-order valence-corrected chi connectivity index (χ1v) is 12.4. The zero-order valence-corrected chi connectivity index (χ0v) is 21.8. The second-order valence-electron chi connectivity index (χ2n) is 7.76. The van der Waals surface area contributed by atoms with Crippen molar-refractivity contribution in [3.63, 3.8) is 0 Å². The number of rotatable bonds is 6. The number of aliphatic imine (C=N–C) groups is 1. The molecule has 4 rings (SSSR count). The lowest BCUT2D eigenvalue weighted by Crippen LogP contribution is -2.12. The maximum atomic E-state index is 12.7. The van der Waals surface area contributed by atoms with Gasteiger partial charge in [-0.25, -0.2) is 9.79 Å². The van der Waals surface area contributed by atoms with Gasteiger partial charge in [0.2, 0.25) is 0 Å². The molecule has 0 radical (unpaired) electrons. The van der Waals surface area contributed by atoms with Gasteiger partial charge in [0.05, 0.1) is 24.3 Å². The van der Waals surface area contributed by atoms with Crippen molar-refractivity contribution in [2.24, 2.45) is 4.99 Å². The smallest absolute Gasteiger partial charge is 0.344 e. The van der Waals surface area contributed by atoms with Crippen LogP contribution >= 0.6 is 27.7 Å². The van der Waals surface area contributed by atoms with Crippen molar-refractivity contribution < 1.29 is 24.2 Å². The topological polar surface area (TPSA) is 90.1 Å². The molecule has 0 bridgehead atoms. The van der Waals surface area contributed by atoms with E-state index in [9.17, 15) is 14.7 Å². The lowest BCUT2D eigenvalue weighted by Gasteiger charge is -2.04. The predicted molar refractivity (Wildman–Crippen MR) is 142 cm³/mol.